The number of ketones is 1. The van der Waals surface area contributed by atoms with E-state index in [9.17, 15) is 4.79 Å². The van der Waals surface area contributed by atoms with Crippen LogP contribution in [0.2, 0.25) is 19.6 Å². The molecule has 0 N–H and O–H groups in total. The maximum atomic E-state index is 12.9. The van der Waals surface area contributed by atoms with Crippen molar-refractivity contribution < 1.29 is 9.53 Å². The maximum Gasteiger partial charge on any atom is 0.202 e. The van der Waals surface area contributed by atoms with Crippen molar-refractivity contribution in [1.29, 1.82) is 0 Å². The Balaban J connectivity index is 2.64. The highest BCUT2D eigenvalue weighted by molar-refractivity contribution is 6.81. The Kier molecular flexibility index (Phi) is 5.54. The molecule has 0 saturated heterocycles. The maximum absolute atomic E-state index is 12.9. The van der Waals surface area contributed by atoms with Gasteiger partial charge in [0, 0.05) is 11.0 Å². The Morgan fingerprint density at radius 2 is 1.75 bits per heavy atom. The highest BCUT2D eigenvalue weighted by Gasteiger charge is 2.32. The van der Waals surface area contributed by atoms with Crippen LogP contribution in [0.3, 0.4) is 0 Å². The predicted octanol–water partition coefficient (Wildman–Crippen LogP) is 5.63. The molecule has 0 fully saturated rings. The molecule has 2 nitrogen and oxygen atoms in total. The van der Waals surface area contributed by atoms with Crippen molar-refractivity contribution in [3.63, 3.8) is 0 Å². The Morgan fingerprint density at radius 3 is 2.29 bits per heavy atom. The van der Waals surface area contributed by atoms with E-state index in [0.29, 0.717) is 12.4 Å². The van der Waals surface area contributed by atoms with Gasteiger partial charge in [0.1, 0.15) is 0 Å². The van der Waals surface area contributed by atoms with E-state index in [1.807, 2.05) is 26.8 Å². The van der Waals surface area contributed by atoms with Crippen LogP contribution < -0.4 is 0 Å². The minimum absolute atomic E-state index is 0.106. The van der Waals surface area contributed by atoms with Gasteiger partial charge in [-0.05, 0) is 24.0 Å². The van der Waals surface area contributed by atoms with Crippen molar-refractivity contribution >= 4 is 19.4 Å². The fourth-order valence-electron chi connectivity index (χ4n) is 2.82. The fourth-order valence-corrected chi connectivity index (χ4v) is 4.03. The van der Waals surface area contributed by atoms with E-state index in [1.165, 1.54) is 11.1 Å². The first-order chi connectivity index (χ1) is 11.1. The third kappa shape index (κ3) is 4.70. The van der Waals surface area contributed by atoms with Crippen LogP contribution in [0.4, 0.5) is 0 Å². The summed E-state index contributed by atoms with van der Waals surface area (Å²) in [5, 5.41) is 0. The zero-order valence-corrected chi connectivity index (χ0v) is 16.9. The smallest absolute Gasteiger partial charge is 0.202 e. The Labute approximate surface area is 147 Å². The van der Waals surface area contributed by atoms with Gasteiger partial charge in [-0.15, -0.1) is 0 Å². The second-order valence-electron chi connectivity index (χ2n) is 8.63. The quantitative estimate of drug-likeness (QED) is 0.663. The molecule has 3 heteroatoms. The van der Waals surface area contributed by atoms with E-state index in [4.69, 9.17) is 4.74 Å². The standard InChI is InChI=1S/C21H30O2Si/c1-21(2,3)20(22)19-17(13-10-14-23-19)18(15-24(4,5)6)16-11-8-7-9-12-16/h7-9,11-12,15H,10,13-14H2,1-6H3. The van der Waals surface area contributed by atoms with E-state index in [1.54, 1.807) is 0 Å². The zero-order chi connectivity index (χ0) is 18.0. The molecule has 1 aromatic carbocycles. The van der Waals surface area contributed by atoms with Crippen LogP contribution in [0.5, 0.6) is 0 Å². The normalized spacial score (nSPS) is 16.8. The third-order valence-corrected chi connectivity index (χ3v) is 5.12. The number of carbonyl (C=O) groups is 1. The van der Waals surface area contributed by atoms with Crippen molar-refractivity contribution in [2.45, 2.75) is 53.3 Å². The van der Waals surface area contributed by atoms with E-state index >= 15 is 0 Å². The van der Waals surface area contributed by atoms with Crippen molar-refractivity contribution in [3.05, 3.63) is 52.9 Å². The van der Waals surface area contributed by atoms with E-state index in [2.05, 4.69) is 49.6 Å². The van der Waals surface area contributed by atoms with Crippen molar-refractivity contribution in [2.75, 3.05) is 6.61 Å². The summed E-state index contributed by atoms with van der Waals surface area (Å²) in [5.74, 6) is 0.691. The average Bonchev–Trinajstić information content (AvgIpc) is 2.51. The lowest BCUT2D eigenvalue weighted by Crippen LogP contribution is -2.27. The summed E-state index contributed by atoms with van der Waals surface area (Å²) in [6.07, 6.45) is 1.87. The molecule has 0 unspecified atom stereocenters. The monoisotopic (exact) mass is 342 g/mol. The molecule has 0 aliphatic carbocycles. The largest absolute Gasteiger partial charge is 0.490 e. The molecule has 0 amide bonds. The molecule has 0 spiro atoms. The molecule has 0 radical (unpaired) electrons. The van der Waals surface area contributed by atoms with Gasteiger partial charge in [0.2, 0.25) is 5.78 Å². The second-order valence-corrected chi connectivity index (χ2v) is 13.6. The predicted molar refractivity (Wildman–Crippen MR) is 104 cm³/mol. The first-order valence-corrected chi connectivity index (χ1v) is 12.4. The number of allylic oxidation sites excluding steroid dienone is 3. The molecular weight excluding hydrogens is 312 g/mol. The fraction of sp³-hybridized carbons (Fsp3) is 0.476. The minimum Gasteiger partial charge on any atom is -0.490 e. The lowest BCUT2D eigenvalue weighted by Gasteiger charge is -2.28. The van der Waals surface area contributed by atoms with Gasteiger partial charge in [-0.25, -0.2) is 0 Å². The SMILES string of the molecule is CC(C)(C)C(=O)C1=C(C(=C[Si](C)(C)C)c2ccccc2)CCCO1. The van der Waals surface area contributed by atoms with Crippen LogP contribution in [0.1, 0.15) is 39.2 Å². The van der Waals surface area contributed by atoms with E-state index in [0.717, 1.165) is 18.4 Å². The molecule has 0 aromatic heterocycles. The topological polar surface area (TPSA) is 26.3 Å². The van der Waals surface area contributed by atoms with Gasteiger partial charge < -0.3 is 4.74 Å². The average molecular weight is 343 g/mol. The van der Waals surface area contributed by atoms with Crippen molar-refractivity contribution in [1.82, 2.24) is 0 Å². The lowest BCUT2D eigenvalue weighted by molar-refractivity contribution is -0.126. The van der Waals surface area contributed by atoms with E-state index in [-0.39, 0.29) is 5.78 Å². The van der Waals surface area contributed by atoms with Crippen molar-refractivity contribution in [3.8, 4) is 0 Å². The number of hydrogen-bond acceptors (Lipinski definition) is 2. The Hall–Kier alpha value is -1.61. The molecule has 130 valence electrons. The van der Waals surface area contributed by atoms with Gasteiger partial charge in [-0.2, -0.15) is 0 Å². The van der Waals surface area contributed by atoms with E-state index < -0.39 is 13.5 Å². The molecule has 0 bridgehead atoms. The molecule has 1 aromatic rings. The van der Waals surface area contributed by atoms with Crippen molar-refractivity contribution in [2.24, 2.45) is 5.41 Å². The van der Waals surface area contributed by atoms with Crippen LogP contribution in [-0.4, -0.2) is 20.5 Å². The molecule has 1 aliphatic rings. The van der Waals surface area contributed by atoms with Gasteiger partial charge >= 0.3 is 0 Å². The number of hydrogen-bond donors (Lipinski definition) is 0. The summed E-state index contributed by atoms with van der Waals surface area (Å²) >= 11 is 0. The molecule has 24 heavy (non-hydrogen) atoms. The molecule has 1 heterocycles. The summed E-state index contributed by atoms with van der Waals surface area (Å²) in [6.45, 7) is 13.5. The summed E-state index contributed by atoms with van der Waals surface area (Å²) < 4.78 is 5.90. The third-order valence-electron chi connectivity index (χ3n) is 3.97. The van der Waals surface area contributed by atoms with Gasteiger partial charge in [-0.1, -0.05) is 76.4 Å². The molecule has 0 saturated carbocycles. The highest BCUT2D eigenvalue weighted by atomic mass is 28.3. The summed E-state index contributed by atoms with van der Waals surface area (Å²) in [5.41, 5.74) is 5.44. The highest BCUT2D eigenvalue weighted by Crippen LogP contribution is 2.36. The second kappa shape index (κ2) is 7.10. The van der Waals surface area contributed by atoms with Crippen LogP contribution in [-0.2, 0) is 9.53 Å². The van der Waals surface area contributed by atoms with Gasteiger partial charge in [0.15, 0.2) is 5.76 Å². The summed E-state index contributed by atoms with van der Waals surface area (Å²) in [7, 11) is -1.46. The van der Waals surface area contributed by atoms with Crippen LogP contribution in [0.15, 0.2) is 47.4 Å². The molecular formula is C21H30O2Si. The molecule has 0 atom stereocenters. The van der Waals surface area contributed by atoms with Gasteiger partial charge in [-0.3, -0.25) is 4.79 Å². The number of Topliss-reactive ketones (excluding diaryl/α,β-unsaturated/α-hetero) is 1. The van der Waals surface area contributed by atoms with Crippen LogP contribution in [0, 0.1) is 5.41 Å². The van der Waals surface area contributed by atoms with Gasteiger partial charge in [0.05, 0.1) is 14.7 Å². The Bertz CT molecular complexity index is 655. The number of benzene rings is 1. The number of ether oxygens (including phenoxy) is 1. The van der Waals surface area contributed by atoms with Gasteiger partial charge in [0.25, 0.3) is 0 Å². The molecule has 2 rings (SSSR count). The summed E-state index contributed by atoms with van der Waals surface area (Å²) in [6, 6.07) is 10.4. The number of carbonyl (C=O) groups excluding carboxylic acids is 1. The Morgan fingerprint density at radius 1 is 1.12 bits per heavy atom. The summed E-state index contributed by atoms with van der Waals surface area (Å²) in [4.78, 5) is 12.9. The molecule has 1 aliphatic heterocycles. The first kappa shape index (κ1) is 18.7. The first-order valence-electron chi connectivity index (χ1n) is 8.79. The minimum atomic E-state index is -1.46. The number of rotatable bonds is 4. The van der Waals surface area contributed by atoms with Crippen LogP contribution in [0.25, 0.3) is 5.57 Å². The zero-order valence-electron chi connectivity index (χ0n) is 15.9. The van der Waals surface area contributed by atoms with Crippen LogP contribution >= 0.6 is 0 Å². The lowest BCUT2D eigenvalue weighted by atomic mass is 9.84.